The first-order chi connectivity index (χ1) is 16.8. The van der Waals surface area contributed by atoms with Crippen molar-refractivity contribution in [2.75, 3.05) is 13.7 Å². The number of non-ortho nitro benzene ring substituents is 1. The van der Waals surface area contributed by atoms with Crippen molar-refractivity contribution in [3.8, 4) is 5.75 Å². The number of carbonyl (C=O) groups excluding carboxylic acids is 4. The summed E-state index contributed by atoms with van der Waals surface area (Å²) >= 11 is 0. The molecule has 1 heterocycles. The number of rotatable bonds is 7. The second-order valence-corrected chi connectivity index (χ2v) is 8.81. The number of nitrogens with zero attached hydrogens (tertiary/aromatic N) is 3. The minimum Gasteiger partial charge on any atom is -0.497 e. The van der Waals surface area contributed by atoms with Gasteiger partial charge in [-0.25, -0.2) is 5.01 Å². The first-order valence-electron chi connectivity index (χ1n) is 11.1. The quantitative estimate of drug-likeness (QED) is 0.198. The van der Waals surface area contributed by atoms with Crippen LogP contribution in [0.1, 0.15) is 27.1 Å². The van der Waals surface area contributed by atoms with E-state index in [2.05, 4.69) is 0 Å². The molecular weight excluding hydrogens is 454 g/mol. The maximum Gasteiger partial charge on any atom is 0.273 e. The number of nitro benzene ring substituents is 1. The van der Waals surface area contributed by atoms with Crippen LogP contribution in [0.25, 0.3) is 0 Å². The van der Waals surface area contributed by atoms with Gasteiger partial charge in [-0.2, -0.15) is 5.01 Å². The molecule has 5 rings (SSSR count). The molecule has 3 aliphatic rings. The number of hydrazine groups is 1. The number of fused-ring (bicyclic) bond motifs is 5. The molecule has 2 aromatic carbocycles. The second-order valence-electron chi connectivity index (χ2n) is 8.81. The van der Waals surface area contributed by atoms with Crippen LogP contribution in [0.4, 0.5) is 5.69 Å². The minimum atomic E-state index is -0.774. The summed E-state index contributed by atoms with van der Waals surface area (Å²) in [6.07, 6.45) is 4.60. The molecule has 2 aromatic rings. The molecule has 35 heavy (non-hydrogen) atoms. The van der Waals surface area contributed by atoms with Gasteiger partial charge in [0.25, 0.3) is 23.4 Å². The fraction of sp³-hybridized carbons (Fsp3) is 0.280. The van der Waals surface area contributed by atoms with Crippen molar-refractivity contribution < 1.29 is 28.8 Å². The number of Topliss-reactive ketones (excluding diaryl/α,β-unsaturated/α-hetero) is 1. The number of ether oxygens (including phenoxy) is 1. The SMILES string of the molecule is COc1ccc(C(=O)CN(C(=O)c2ccc([N+](=O)[O-])cc2)N2C(=O)[C@@H]3[C@H](C2=O)[C@H]2C=C[C@H]3C2)cc1. The molecule has 0 radical (unpaired) electrons. The van der Waals surface area contributed by atoms with Crippen LogP contribution in [0, 0.1) is 33.8 Å². The van der Waals surface area contributed by atoms with Crippen molar-refractivity contribution in [3.05, 3.63) is 81.9 Å². The molecule has 1 saturated heterocycles. The molecule has 2 bridgehead atoms. The molecule has 0 spiro atoms. The van der Waals surface area contributed by atoms with E-state index in [1.807, 2.05) is 12.2 Å². The minimum absolute atomic E-state index is 0.0110. The molecule has 2 fully saturated rings. The summed E-state index contributed by atoms with van der Waals surface area (Å²) in [5.41, 5.74) is 0.0677. The van der Waals surface area contributed by atoms with Gasteiger partial charge < -0.3 is 4.74 Å². The average Bonchev–Trinajstić information content (AvgIpc) is 3.56. The van der Waals surface area contributed by atoms with Gasteiger partial charge in [-0.05, 0) is 54.7 Å². The number of hydrogen-bond acceptors (Lipinski definition) is 7. The lowest BCUT2D eigenvalue weighted by Gasteiger charge is -2.30. The Balaban J connectivity index is 1.48. The lowest BCUT2D eigenvalue weighted by Crippen LogP contribution is -2.52. The van der Waals surface area contributed by atoms with E-state index in [4.69, 9.17) is 4.74 Å². The molecule has 10 nitrogen and oxygen atoms in total. The topological polar surface area (TPSA) is 127 Å². The van der Waals surface area contributed by atoms with Gasteiger partial charge in [-0.1, -0.05) is 12.2 Å². The monoisotopic (exact) mass is 475 g/mol. The lowest BCUT2D eigenvalue weighted by atomic mass is 9.85. The molecular formula is C25H21N3O7. The third-order valence-corrected chi connectivity index (χ3v) is 6.95. The standard InChI is InChI=1S/C25H21N3O7/c1-35-19-10-6-14(7-11-19)20(29)13-26(23(30)15-4-8-18(9-5-15)28(33)34)27-24(31)21-16-2-3-17(12-16)22(21)25(27)32/h2-11,16-17,21-22H,12-13H2,1H3/t16-,17-,21-,22+/m0/s1. The predicted molar refractivity (Wildman–Crippen MR) is 121 cm³/mol. The van der Waals surface area contributed by atoms with Gasteiger partial charge in [-0.3, -0.25) is 29.3 Å². The van der Waals surface area contributed by atoms with Crippen LogP contribution in [0.3, 0.4) is 0 Å². The number of hydrogen-bond donors (Lipinski definition) is 0. The molecule has 10 heteroatoms. The van der Waals surface area contributed by atoms with Gasteiger partial charge in [-0.15, -0.1) is 0 Å². The van der Waals surface area contributed by atoms with Crippen LogP contribution in [0.15, 0.2) is 60.7 Å². The van der Waals surface area contributed by atoms with Gasteiger partial charge in [0.15, 0.2) is 5.78 Å². The second kappa shape index (κ2) is 8.46. The molecule has 0 unspecified atom stereocenters. The van der Waals surface area contributed by atoms with Gasteiger partial charge in [0.2, 0.25) is 0 Å². The Bertz CT molecular complexity index is 1240. The van der Waals surface area contributed by atoms with Crippen LogP contribution in [-0.4, -0.2) is 52.1 Å². The molecule has 1 saturated carbocycles. The largest absolute Gasteiger partial charge is 0.497 e. The Morgan fingerprint density at radius 1 is 0.971 bits per heavy atom. The van der Waals surface area contributed by atoms with Crippen molar-refractivity contribution in [2.24, 2.45) is 23.7 Å². The number of nitro groups is 1. The van der Waals surface area contributed by atoms with E-state index in [9.17, 15) is 29.3 Å². The van der Waals surface area contributed by atoms with E-state index in [0.29, 0.717) is 5.75 Å². The summed E-state index contributed by atoms with van der Waals surface area (Å²) in [4.78, 5) is 63.7. The number of ketones is 1. The number of imide groups is 1. The highest BCUT2D eigenvalue weighted by molar-refractivity contribution is 6.10. The summed E-state index contributed by atoms with van der Waals surface area (Å²) in [6, 6.07) is 11.0. The normalized spacial score (nSPS) is 24.0. The zero-order valence-electron chi connectivity index (χ0n) is 18.7. The number of benzene rings is 2. The highest BCUT2D eigenvalue weighted by Crippen LogP contribution is 2.52. The summed E-state index contributed by atoms with van der Waals surface area (Å²) in [6.45, 7) is -0.554. The van der Waals surface area contributed by atoms with Crippen LogP contribution >= 0.6 is 0 Å². The maximum atomic E-state index is 13.5. The van der Waals surface area contributed by atoms with E-state index < -0.39 is 46.8 Å². The molecule has 1 aliphatic heterocycles. The number of carbonyl (C=O) groups is 4. The molecule has 0 N–H and O–H groups in total. The zero-order valence-corrected chi connectivity index (χ0v) is 18.7. The summed E-state index contributed by atoms with van der Waals surface area (Å²) in [5.74, 6) is -2.97. The lowest BCUT2D eigenvalue weighted by molar-refractivity contribution is -0.384. The summed E-state index contributed by atoms with van der Waals surface area (Å²) in [7, 11) is 1.49. The molecule has 2 aliphatic carbocycles. The first-order valence-corrected chi connectivity index (χ1v) is 11.1. The van der Waals surface area contributed by atoms with E-state index in [-0.39, 0.29) is 28.7 Å². The third-order valence-electron chi connectivity index (χ3n) is 6.95. The van der Waals surface area contributed by atoms with E-state index in [1.54, 1.807) is 12.1 Å². The van der Waals surface area contributed by atoms with Crippen LogP contribution in [0.2, 0.25) is 0 Å². The van der Waals surface area contributed by atoms with E-state index in [1.165, 1.54) is 31.4 Å². The van der Waals surface area contributed by atoms with Crippen LogP contribution in [-0.2, 0) is 9.59 Å². The molecule has 0 aromatic heterocycles. The summed E-state index contributed by atoms with van der Waals surface area (Å²) in [5, 5.41) is 12.7. The Hall–Kier alpha value is -4.34. The Morgan fingerprint density at radius 3 is 2.03 bits per heavy atom. The van der Waals surface area contributed by atoms with E-state index >= 15 is 0 Å². The van der Waals surface area contributed by atoms with Crippen molar-refractivity contribution in [3.63, 3.8) is 0 Å². The first kappa shape index (κ1) is 22.5. The highest BCUT2D eigenvalue weighted by atomic mass is 16.6. The van der Waals surface area contributed by atoms with Crippen molar-refractivity contribution in [2.45, 2.75) is 6.42 Å². The van der Waals surface area contributed by atoms with Crippen LogP contribution < -0.4 is 4.74 Å². The molecule has 3 amide bonds. The maximum absolute atomic E-state index is 13.5. The van der Waals surface area contributed by atoms with Gasteiger partial charge in [0.05, 0.1) is 23.9 Å². The van der Waals surface area contributed by atoms with Crippen molar-refractivity contribution in [1.82, 2.24) is 10.0 Å². The molecule has 4 atom stereocenters. The van der Waals surface area contributed by atoms with Crippen molar-refractivity contribution >= 4 is 29.2 Å². The fourth-order valence-corrected chi connectivity index (χ4v) is 5.24. The summed E-state index contributed by atoms with van der Waals surface area (Å²) < 4.78 is 5.10. The Kier molecular flexibility index (Phi) is 5.43. The number of methoxy groups -OCH3 is 1. The fourth-order valence-electron chi connectivity index (χ4n) is 5.24. The van der Waals surface area contributed by atoms with Crippen molar-refractivity contribution in [1.29, 1.82) is 0 Å². The molecule has 178 valence electrons. The van der Waals surface area contributed by atoms with Gasteiger partial charge in [0.1, 0.15) is 12.3 Å². The van der Waals surface area contributed by atoms with Gasteiger partial charge in [0, 0.05) is 23.3 Å². The highest BCUT2D eigenvalue weighted by Gasteiger charge is 2.61. The predicted octanol–water partition coefficient (Wildman–Crippen LogP) is 2.65. The van der Waals surface area contributed by atoms with E-state index in [0.717, 1.165) is 28.6 Å². The number of amides is 3. The Labute approximate surface area is 199 Å². The average molecular weight is 475 g/mol. The zero-order chi connectivity index (χ0) is 24.9. The third kappa shape index (κ3) is 3.67. The van der Waals surface area contributed by atoms with Crippen LogP contribution in [0.5, 0.6) is 5.75 Å². The number of allylic oxidation sites excluding steroid dienone is 2. The Morgan fingerprint density at radius 2 is 1.51 bits per heavy atom. The smallest absolute Gasteiger partial charge is 0.273 e. The van der Waals surface area contributed by atoms with Gasteiger partial charge >= 0.3 is 0 Å².